The summed E-state index contributed by atoms with van der Waals surface area (Å²) in [6.07, 6.45) is 51.3. The first-order chi connectivity index (χ1) is 27.5. The van der Waals surface area contributed by atoms with Crippen molar-refractivity contribution < 1.29 is 28.6 Å². The molecule has 0 amide bonds. The molecule has 0 aliphatic heterocycles. The molecule has 0 rings (SSSR count). The third-order valence-corrected chi connectivity index (χ3v) is 10.4. The smallest absolute Gasteiger partial charge is 0.306 e. The van der Waals surface area contributed by atoms with Crippen LogP contribution in [0, 0.1) is 0 Å². The molecule has 0 aromatic carbocycles. The van der Waals surface area contributed by atoms with Crippen LogP contribution in [0.1, 0.15) is 245 Å². The highest BCUT2D eigenvalue weighted by Gasteiger charge is 2.19. The van der Waals surface area contributed by atoms with Crippen LogP contribution in [0.25, 0.3) is 0 Å². The second-order valence-electron chi connectivity index (χ2n) is 16.0. The first-order valence-electron chi connectivity index (χ1n) is 24.0. The Morgan fingerprint density at radius 2 is 0.679 bits per heavy atom. The van der Waals surface area contributed by atoms with Gasteiger partial charge in [0.25, 0.3) is 0 Å². The van der Waals surface area contributed by atoms with Crippen molar-refractivity contribution in [1.82, 2.24) is 0 Å². The minimum atomic E-state index is -0.792. The van der Waals surface area contributed by atoms with Gasteiger partial charge in [-0.05, 0) is 64.2 Å². The third kappa shape index (κ3) is 42.8. The fourth-order valence-corrected chi connectivity index (χ4v) is 6.72. The van der Waals surface area contributed by atoms with Crippen LogP contribution < -0.4 is 0 Å². The predicted molar refractivity (Wildman–Crippen MR) is 238 cm³/mol. The van der Waals surface area contributed by atoms with Gasteiger partial charge in [-0.15, -0.1) is 0 Å². The number of unbranched alkanes of at least 4 members (excludes halogenated alkanes) is 26. The van der Waals surface area contributed by atoms with E-state index in [-0.39, 0.29) is 37.5 Å². The summed E-state index contributed by atoms with van der Waals surface area (Å²) in [7, 11) is 0. The van der Waals surface area contributed by atoms with E-state index in [9.17, 15) is 14.4 Å². The maximum atomic E-state index is 12.7. The lowest BCUT2D eigenvalue weighted by Gasteiger charge is -2.18. The van der Waals surface area contributed by atoms with E-state index in [0.29, 0.717) is 19.3 Å². The number of carbonyl (C=O) groups excluding carboxylic acids is 3. The number of ether oxygens (including phenoxy) is 3. The van der Waals surface area contributed by atoms with Gasteiger partial charge in [-0.1, -0.05) is 198 Å². The minimum Gasteiger partial charge on any atom is -0.462 e. The molecule has 1 atom stereocenters. The van der Waals surface area contributed by atoms with E-state index < -0.39 is 6.10 Å². The molecule has 326 valence electrons. The fourth-order valence-electron chi connectivity index (χ4n) is 6.72. The molecule has 0 spiro atoms. The Kier molecular flexibility index (Phi) is 43.4. The fraction of sp³-hybridized carbons (Fsp3) is 0.820. The average Bonchev–Trinajstić information content (AvgIpc) is 3.19. The molecule has 0 saturated carbocycles. The lowest BCUT2D eigenvalue weighted by molar-refractivity contribution is -0.166. The summed E-state index contributed by atoms with van der Waals surface area (Å²) in [5.74, 6) is -0.965. The van der Waals surface area contributed by atoms with Crippen molar-refractivity contribution in [2.24, 2.45) is 0 Å². The van der Waals surface area contributed by atoms with Gasteiger partial charge >= 0.3 is 17.9 Å². The van der Waals surface area contributed by atoms with E-state index in [4.69, 9.17) is 14.2 Å². The molecule has 6 nitrogen and oxygen atoms in total. The molecule has 0 radical (unpaired) electrons. The van der Waals surface area contributed by atoms with Crippen molar-refractivity contribution in [3.8, 4) is 0 Å². The summed E-state index contributed by atoms with van der Waals surface area (Å²) in [4.78, 5) is 37.7. The first kappa shape index (κ1) is 53.6. The summed E-state index contributed by atoms with van der Waals surface area (Å²) >= 11 is 0. The van der Waals surface area contributed by atoms with Gasteiger partial charge < -0.3 is 14.2 Å². The number of hydrogen-bond acceptors (Lipinski definition) is 6. The third-order valence-electron chi connectivity index (χ3n) is 10.4. The molecule has 6 heteroatoms. The van der Waals surface area contributed by atoms with Crippen molar-refractivity contribution in [1.29, 1.82) is 0 Å². The molecular weight excluding hydrogens is 697 g/mol. The predicted octanol–water partition coefficient (Wildman–Crippen LogP) is 15.4. The largest absolute Gasteiger partial charge is 0.462 e. The van der Waals surface area contributed by atoms with Crippen molar-refractivity contribution >= 4 is 17.9 Å². The maximum absolute atomic E-state index is 12.7. The van der Waals surface area contributed by atoms with Crippen LogP contribution in [0.4, 0.5) is 0 Å². The van der Waals surface area contributed by atoms with E-state index in [1.165, 1.54) is 141 Å². The van der Waals surface area contributed by atoms with Gasteiger partial charge in [0.1, 0.15) is 13.2 Å². The van der Waals surface area contributed by atoms with Crippen molar-refractivity contribution in [3.05, 3.63) is 36.5 Å². The zero-order valence-corrected chi connectivity index (χ0v) is 37.2. The number of allylic oxidation sites excluding steroid dienone is 6. The molecule has 1 unspecified atom stereocenters. The quantitative estimate of drug-likeness (QED) is 0.0265. The van der Waals surface area contributed by atoms with Crippen LogP contribution in [0.2, 0.25) is 0 Å². The van der Waals surface area contributed by atoms with Gasteiger partial charge in [-0.25, -0.2) is 0 Å². The van der Waals surface area contributed by atoms with Crippen LogP contribution in [0.5, 0.6) is 0 Å². The Hall–Kier alpha value is -2.37. The molecule has 0 bridgehead atoms. The van der Waals surface area contributed by atoms with Crippen molar-refractivity contribution in [2.75, 3.05) is 13.2 Å². The Bertz CT molecular complexity index is 953. The SMILES string of the molecule is CCCCC/C=C\CCCCCCCC(=O)OCC(COC(=O)CC/C=C\C/C=C\CCCCCCCC)OC(=O)CCCCCCCCCCCCCCC. The Morgan fingerprint density at radius 3 is 1.14 bits per heavy atom. The van der Waals surface area contributed by atoms with Gasteiger partial charge in [0, 0.05) is 19.3 Å². The maximum Gasteiger partial charge on any atom is 0.306 e. The Balaban J connectivity index is 4.44. The minimum absolute atomic E-state index is 0.0912. The first-order valence-corrected chi connectivity index (χ1v) is 24.0. The van der Waals surface area contributed by atoms with Gasteiger partial charge in [0.2, 0.25) is 0 Å². The van der Waals surface area contributed by atoms with Crippen LogP contribution >= 0.6 is 0 Å². The van der Waals surface area contributed by atoms with Crippen LogP contribution in [-0.4, -0.2) is 37.2 Å². The molecule has 0 aromatic rings. The van der Waals surface area contributed by atoms with E-state index in [2.05, 4.69) is 51.2 Å². The summed E-state index contributed by atoms with van der Waals surface area (Å²) in [5, 5.41) is 0. The van der Waals surface area contributed by atoms with Gasteiger partial charge in [-0.2, -0.15) is 0 Å². The molecule has 0 fully saturated rings. The number of hydrogen-bond donors (Lipinski definition) is 0. The number of rotatable bonds is 43. The monoisotopic (exact) mass is 787 g/mol. The molecule has 0 aromatic heterocycles. The van der Waals surface area contributed by atoms with E-state index in [1.807, 2.05) is 6.08 Å². The van der Waals surface area contributed by atoms with Crippen LogP contribution in [-0.2, 0) is 28.6 Å². The van der Waals surface area contributed by atoms with E-state index in [0.717, 1.165) is 57.8 Å². The van der Waals surface area contributed by atoms with E-state index in [1.54, 1.807) is 0 Å². The second-order valence-corrected chi connectivity index (χ2v) is 16.0. The van der Waals surface area contributed by atoms with E-state index >= 15 is 0 Å². The summed E-state index contributed by atoms with van der Waals surface area (Å²) in [6, 6.07) is 0. The summed E-state index contributed by atoms with van der Waals surface area (Å²) in [6.45, 7) is 6.55. The van der Waals surface area contributed by atoms with Crippen molar-refractivity contribution in [3.63, 3.8) is 0 Å². The topological polar surface area (TPSA) is 78.9 Å². The molecular formula is C50H90O6. The Labute approximate surface area is 346 Å². The number of carbonyl (C=O) groups is 3. The molecule has 0 saturated heterocycles. The standard InChI is InChI=1S/C50H90O6/c1-4-7-10-13-16-19-22-25-28-31-34-37-40-43-49(52)55-46-47(45-54-48(51)42-39-36-33-30-27-24-21-18-15-12-9-6-3)56-50(53)44-41-38-35-32-29-26-23-20-17-14-11-8-5-2/h18,21,25,28,34,37,47H,4-17,19-20,22-24,26-27,29-33,35-36,38-46H2,1-3H3/b21-18-,28-25-,37-34-. The average molecular weight is 787 g/mol. The van der Waals surface area contributed by atoms with Crippen LogP contribution in [0.15, 0.2) is 36.5 Å². The molecule has 0 N–H and O–H groups in total. The second kappa shape index (κ2) is 45.3. The zero-order valence-electron chi connectivity index (χ0n) is 37.2. The highest BCUT2D eigenvalue weighted by Crippen LogP contribution is 2.15. The molecule has 0 aliphatic rings. The lowest BCUT2D eigenvalue weighted by atomic mass is 10.0. The molecule has 56 heavy (non-hydrogen) atoms. The summed E-state index contributed by atoms with van der Waals surface area (Å²) in [5.41, 5.74) is 0. The van der Waals surface area contributed by atoms with Gasteiger partial charge in [0.15, 0.2) is 6.10 Å². The Morgan fingerprint density at radius 1 is 0.357 bits per heavy atom. The number of esters is 3. The van der Waals surface area contributed by atoms with Gasteiger partial charge in [-0.3, -0.25) is 14.4 Å². The lowest BCUT2D eigenvalue weighted by Crippen LogP contribution is -2.30. The zero-order chi connectivity index (χ0) is 40.8. The highest BCUT2D eigenvalue weighted by atomic mass is 16.6. The normalized spacial score (nSPS) is 12.3. The molecule has 0 heterocycles. The van der Waals surface area contributed by atoms with Crippen molar-refractivity contribution in [2.45, 2.75) is 252 Å². The highest BCUT2D eigenvalue weighted by molar-refractivity contribution is 5.71. The summed E-state index contributed by atoms with van der Waals surface area (Å²) < 4.78 is 16.7. The van der Waals surface area contributed by atoms with Crippen LogP contribution in [0.3, 0.4) is 0 Å². The van der Waals surface area contributed by atoms with Gasteiger partial charge in [0.05, 0.1) is 0 Å². The molecule has 0 aliphatic carbocycles.